The molecule has 2 N–H and O–H groups in total. The Kier molecular flexibility index (Phi) is 7.23. The number of nitrogens with zero attached hydrogens (tertiary/aromatic N) is 2. The summed E-state index contributed by atoms with van der Waals surface area (Å²) >= 11 is 0. The van der Waals surface area contributed by atoms with Crippen molar-refractivity contribution in [1.29, 1.82) is 0 Å². The zero-order valence-corrected chi connectivity index (χ0v) is 14.3. The number of aryl methyl sites for hydroxylation is 1. The second kappa shape index (κ2) is 8.67. The van der Waals surface area contributed by atoms with E-state index in [-0.39, 0.29) is 6.04 Å². The first-order chi connectivity index (χ1) is 9.93. The molecule has 21 heavy (non-hydrogen) atoms. The molecule has 0 aliphatic carbocycles. The summed E-state index contributed by atoms with van der Waals surface area (Å²) in [5, 5.41) is 6.65. The molecule has 0 saturated carbocycles. The molecule has 0 spiro atoms. The molecule has 1 aromatic carbocycles. The second-order valence-corrected chi connectivity index (χ2v) is 5.91. The van der Waals surface area contributed by atoms with Crippen molar-refractivity contribution in [1.82, 2.24) is 15.5 Å². The molecular weight excluding hydrogens is 260 g/mol. The molecule has 1 aromatic rings. The summed E-state index contributed by atoms with van der Waals surface area (Å²) in [4.78, 5) is 6.94. The number of benzene rings is 1. The Hall–Kier alpha value is -1.55. The fourth-order valence-corrected chi connectivity index (χ4v) is 2.13. The van der Waals surface area contributed by atoms with Gasteiger partial charge in [0, 0.05) is 12.6 Å². The van der Waals surface area contributed by atoms with E-state index in [4.69, 9.17) is 4.99 Å². The molecule has 0 aliphatic heterocycles. The molecular formula is C17H30N4. The van der Waals surface area contributed by atoms with Gasteiger partial charge in [0.25, 0.3) is 0 Å². The predicted molar refractivity (Wildman–Crippen MR) is 91.9 cm³/mol. The first-order valence-corrected chi connectivity index (χ1v) is 7.71. The van der Waals surface area contributed by atoms with Crippen LogP contribution in [0.2, 0.25) is 0 Å². The minimum atomic E-state index is 0.285. The molecule has 0 bridgehead atoms. The van der Waals surface area contributed by atoms with E-state index < -0.39 is 0 Å². The molecule has 1 atom stereocenters. The van der Waals surface area contributed by atoms with Crippen LogP contribution in [0.15, 0.2) is 29.3 Å². The summed E-state index contributed by atoms with van der Waals surface area (Å²) in [6.07, 6.45) is 0. The Labute approximate surface area is 129 Å². The van der Waals surface area contributed by atoms with Crippen molar-refractivity contribution in [3.8, 4) is 0 Å². The predicted octanol–water partition coefficient (Wildman–Crippen LogP) is 2.56. The average Bonchev–Trinajstić information content (AvgIpc) is 2.40. The van der Waals surface area contributed by atoms with Gasteiger partial charge in [-0.1, -0.05) is 29.8 Å². The van der Waals surface area contributed by atoms with Crippen molar-refractivity contribution >= 4 is 5.96 Å². The molecule has 4 nitrogen and oxygen atoms in total. The lowest BCUT2D eigenvalue weighted by Gasteiger charge is -2.24. The number of nitrogens with one attached hydrogen (secondary N) is 2. The fourth-order valence-electron chi connectivity index (χ4n) is 2.13. The van der Waals surface area contributed by atoms with E-state index in [9.17, 15) is 0 Å². The lowest BCUT2D eigenvalue weighted by atomic mass is 10.0. The van der Waals surface area contributed by atoms with Gasteiger partial charge in [-0.2, -0.15) is 0 Å². The number of guanidine groups is 1. The molecule has 0 aliphatic rings. The van der Waals surface area contributed by atoms with E-state index in [0.717, 1.165) is 19.0 Å². The minimum Gasteiger partial charge on any atom is -0.357 e. The Bertz CT molecular complexity index is 435. The summed E-state index contributed by atoms with van der Waals surface area (Å²) < 4.78 is 0. The smallest absolute Gasteiger partial charge is 0.191 e. The van der Waals surface area contributed by atoms with Crippen LogP contribution < -0.4 is 10.6 Å². The number of hydrogen-bond donors (Lipinski definition) is 2. The van der Waals surface area contributed by atoms with Gasteiger partial charge >= 0.3 is 0 Å². The molecule has 1 rings (SSSR count). The van der Waals surface area contributed by atoms with Crippen LogP contribution in [0.5, 0.6) is 0 Å². The van der Waals surface area contributed by atoms with E-state index in [0.29, 0.717) is 6.04 Å². The molecule has 4 heteroatoms. The maximum atomic E-state index is 4.73. The Morgan fingerprint density at radius 3 is 2.29 bits per heavy atom. The van der Waals surface area contributed by atoms with Gasteiger partial charge in [0.05, 0.1) is 12.6 Å². The maximum Gasteiger partial charge on any atom is 0.191 e. The standard InChI is InChI=1S/C17H30N4/c1-7-18-17(20-13(2)3)19-12-16(21(5)6)15-10-8-14(4)9-11-15/h8-11,13,16H,7,12H2,1-6H3,(H2,18,19,20). The first kappa shape index (κ1) is 17.5. The van der Waals surface area contributed by atoms with E-state index in [2.05, 4.69) is 81.6 Å². The Balaban J connectivity index is 2.84. The quantitative estimate of drug-likeness (QED) is 0.625. The summed E-state index contributed by atoms with van der Waals surface area (Å²) in [5.41, 5.74) is 2.59. The van der Waals surface area contributed by atoms with Crippen LogP contribution in [0.25, 0.3) is 0 Å². The molecule has 0 heterocycles. The monoisotopic (exact) mass is 290 g/mol. The van der Waals surface area contributed by atoms with E-state index in [1.54, 1.807) is 0 Å². The van der Waals surface area contributed by atoms with Crippen LogP contribution in [-0.2, 0) is 0 Å². The van der Waals surface area contributed by atoms with Gasteiger partial charge in [0.15, 0.2) is 5.96 Å². The largest absolute Gasteiger partial charge is 0.357 e. The van der Waals surface area contributed by atoms with Gasteiger partial charge in [0.2, 0.25) is 0 Å². The third-order valence-electron chi connectivity index (χ3n) is 3.28. The topological polar surface area (TPSA) is 39.7 Å². The van der Waals surface area contributed by atoms with Crippen LogP contribution in [0.4, 0.5) is 0 Å². The van der Waals surface area contributed by atoms with Gasteiger partial charge in [-0.3, -0.25) is 4.99 Å². The van der Waals surface area contributed by atoms with Gasteiger partial charge in [-0.15, -0.1) is 0 Å². The SMILES string of the molecule is CCNC(=NCC(c1ccc(C)cc1)N(C)C)NC(C)C. The third kappa shape index (κ3) is 6.17. The zero-order chi connectivity index (χ0) is 15.8. The third-order valence-corrected chi connectivity index (χ3v) is 3.28. The van der Waals surface area contributed by atoms with Crippen molar-refractivity contribution in [3.05, 3.63) is 35.4 Å². The zero-order valence-electron chi connectivity index (χ0n) is 14.3. The molecule has 1 unspecified atom stereocenters. The Morgan fingerprint density at radius 1 is 1.19 bits per heavy atom. The van der Waals surface area contributed by atoms with Crippen LogP contribution >= 0.6 is 0 Å². The molecule has 0 amide bonds. The number of aliphatic imine (C=N–C) groups is 1. The van der Waals surface area contributed by atoms with Crippen molar-refractivity contribution in [2.75, 3.05) is 27.2 Å². The fraction of sp³-hybridized carbons (Fsp3) is 0.588. The summed E-state index contributed by atoms with van der Waals surface area (Å²) in [6.45, 7) is 10.0. The van der Waals surface area contributed by atoms with Crippen LogP contribution in [0.3, 0.4) is 0 Å². The normalized spacial score (nSPS) is 13.6. The van der Waals surface area contributed by atoms with Gasteiger partial charge < -0.3 is 15.5 Å². The summed E-state index contributed by atoms with van der Waals surface area (Å²) in [5.74, 6) is 0.881. The lowest BCUT2D eigenvalue weighted by molar-refractivity contribution is 0.306. The van der Waals surface area contributed by atoms with Crippen molar-refractivity contribution < 1.29 is 0 Å². The van der Waals surface area contributed by atoms with Gasteiger partial charge in [-0.05, 0) is 47.4 Å². The van der Waals surface area contributed by atoms with Gasteiger partial charge in [-0.25, -0.2) is 0 Å². The van der Waals surface area contributed by atoms with E-state index in [1.807, 2.05) is 0 Å². The first-order valence-electron chi connectivity index (χ1n) is 7.71. The molecule has 0 aromatic heterocycles. The van der Waals surface area contributed by atoms with Crippen LogP contribution in [0, 0.1) is 6.92 Å². The molecule has 118 valence electrons. The van der Waals surface area contributed by atoms with E-state index in [1.165, 1.54) is 11.1 Å². The Morgan fingerprint density at radius 2 is 1.81 bits per heavy atom. The minimum absolute atomic E-state index is 0.285. The average molecular weight is 290 g/mol. The van der Waals surface area contributed by atoms with Crippen molar-refractivity contribution in [2.45, 2.75) is 39.8 Å². The van der Waals surface area contributed by atoms with Gasteiger partial charge in [0.1, 0.15) is 0 Å². The molecule has 0 fully saturated rings. The van der Waals surface area contributed by atoms with Crippen LogP contribution in [-0.4, -0.2) is 44.1 Å². The highest BCUT2D eigenvalue weighted by Crippen LogP contribution is 2.19. The number of hydrogen-bond acceptors (Lipinski definition) is 2. The van der Waals surface area contributed by atoms with Crippen molar-refractivity contribution in [2.24, 2.45) is 4.99 Å². The highest BCUT2D eigenvalue weighted by atomic mass is 15.2. The number of likely N-dealkylation sites (N-methyl/N-ethyl adjacent to an activating group) is 1. The lowest BCUT2D eigenvalue weighted by Crippen LogP contribution is -2.41. The summed E-state index contributed by atoms with van der Waals surface area (Å²) in [6, 6.07) is 9.37. The van der Waals surface area contributed by atoms with Crippen molar-refractivity contribution in [3.63, 3.8) is 0 Å². The van der Waals surface area contributed by atoms with E-state index >= 15 is 0 Å². The molecule has 0 radical (unpaired) electrons. The maximum absolute atomic E-state index is 4.73. The second-order valence-electron chi connectivity index (χ2n) is 5.91. The molecule has 0 saturated heterocycles. The summed E-state index contributed by atoms with van der Waals surface area (Å²) in [7, 11) is 4.20. The van der Waals surface area contributed by atoms with Crippen LogP contribution in [0.1, 0.15) is 37.9 Å². The highest BCUT2D eigenvalue weighted by Gasteiger charge is 2.14. The highest BCUT2D eigenvalue weighted by molar-refractivity contribution is 5.80. The number of rotatable bonds is 6.